The molecule has 0 radical (unpaired) electrons. The summed E-state index contributed by atoms with van der Waals surface area (Å²) in [7, 11) is 1.59. The second-order valence-corrected chi connectivity index (χ2v) is 3.42. The first kappa shape index (κ1) is 9.81. The maximum absolute atomic E-state index is 5.95. The van der Waals surface area contributed by atoms with Crippen LogP contribution in [0, 0.1) is 0 Å². The molecule has 0 unspecified atom stereocenters. The van der Waals surface area contributed by atoms with E-state index < -0.39 is 0 Å². The number of halogens is 2. The number of pyridine rings is 1. The molecule has 66 valence electrons. The van der Waals surface area contributed by atoms with E-state index in [-0.39, 0.29) is 0 Å². The van der Waals surface area contributed by atoms with Gasteiger partial charge in [0.2, 0.25) is 5.88 Å². The predicted molar refractivity (Wildman–Crippen MR) is 53.3 cm³/mol. The summed E-state index contributed by atoms with van der Waals surface area (Å²) >= 11 is 9.29. The van der Waals surface area contributed by atoms with Crippen LogP contribution >= 0.6 is 27.5 Å². The maximum Gasteiger partial charge on any atom is 0.217 e. The first-order valence-corrected chi connectivity index (χ1v) is 5.03. The number of rotatable bonds is 3. The minimum atomic E-state index is 0.613. The number of hydrogen-bond donors (Lipinski definition) is 0. The third-order valence-electron chi connectivity index (χ3n) is 1.50. The van der Waals surface area contributed by atoms with E-state index in [9.17, 15) is 0 Å². The van der Waals surface area contributed by atoms with Crippen LogP contribution in [-0.2, 0) is 6.42 Å². The molecule has 0 amide bonds. The molecule has 0 spiro atoms. The minimum absolute atomic E-state index is 0.613. The highest BCUT2D eigenvalue weighted by molar-refractivity contribution is 9.09. The fourth-order valence-electron chi connectivity index (χ4n) is 0.948. The van der Waals surface area contributed by atoms with Gasteiger partial charge in [-0.3, -0.25) is 0 Å². The summed E-state index contributed by atoms with van der Waals surface area (Å²) in [5.74, 6) is 0.613. The van der Waals surface area contributed by atoms with Crippen molar-refractivity contribution in [1.82, 2.24) is 4.98 Å². The Morgan fingerprint density at radius 1 is 1.67 bits per heavy atom. The smallest absolute Gasteiger partial charge is 0.217 e. The molecule has 0 aliphatic rings. The van der Waals surface area contributed by atoms with E-state index in [1.807, 2.05) is 0 Å². The number of nitrogens with zero attached hydrogens (tertiary/aromatic N) is 1. The molecule has 0 fully saturated rings. The standard InChI is InChI=1S/C8H9BrClNO/c1-12-8-6(2-4-9)7(10)3-5-11-8/h3,5H,2,4H2,1H3. The molecular weight excluding hydrogens is 241 g/mol. The summed E-state index contributed by atoms with van der Waals surface area (Å²) in [5, 5.41) is 1.57. The van der Waals surface area contributed by atoms with Crippen LogP contribution in [0.2, 0.25) is 5.02 Å². The van der Waals surface area contributed by atoms with Crippen molar-refractivity contribution >= 4 is 27.5 Å². The second-order valence-electron chi connectivity index (χ2n) is 2.22. The molecule has 4 heteroatoms. The van der Waals surface area contributed by atoms with Gasteiger partial charge in [0.05, 0.1) is 12.1 Å². The zero-order chi connectivity index (χ0) is 8.97. The number of alkyl halides is 1. The van der Waals surface area contributed by atoms with Gasteiger partial charge in [0.15, 0.2) is 0 Å². The zero-order valence-corrected chi connectivity index (χ0v) is 9.02. The monoisotopic (exact) mass is 249 g/mol. The third kappa shape index (κ3) is 2.11. The summed E-state index contributed by atoms with van der Waals surface area (Å²) in [6.07, 6.45) is 2.47. The van der Waals surface area contributed by atoms with Gasteiger partial charge < -0.3 is 4.74 Å². The molecule has 0 N–H and O–H groups in total. The van der Waals surface area contributed by atoms with Gasteiger partial charge in [-0.1, -0.05) is 27.5 Å². The van der Waals surface area contributed by atoms with E-state index in [0.717, 1.165) is 17.3 Å². The van der Waals surface area contributed by atoms with Crippen LogP contribution in [0.3, 0.4) is 0 Å². The number of hydrogen-bond acceptors (Lipinski definition) is 2. The van der Waals surface area contributed by atoms with Crippen LogP contribution in [0.5, 0.6) is 5.88 Å². The van der Waals surface area contributed by atoms with Crippen LogP contribution in [0.25, 0.3) is 0 Å². The molecule has 0 atom stereocenters. The second kappa shape index (κ2) is 4.67. The molecule has 0 saturated carbocycles. The largest absolute Gasteiger partial charge is 0.481 e. The number of aromatic nitrogens is 1. The van der Waals surface area contributed by atoms with Crippen molar-refractivity contribution in [3.63, 3.8) is 0 Å². The van der Waals surface area contributed by atoms with Crippen molar-refractivity contribution in [3.8, 4) is 5.88 Å². The lowest BCUT2D eigenvalue weighted by Gasteiger charge is -2.06. The molecule has 12 heavy (non-hydrogen) atoms. The topological polar surface area (TPSA) is 22.1 Å². The Morgan fingerprint density at radius 2 is 2.42 bits per heavy atom. The van der Waals surface area contributed by atoms with Crippen LogP contribution in [0.4, 0.5) is 0 Å². The van der Waals surface area contributed by atoms with Gasteiger partial charge in [-0.2, -0.15) is 0 Å². The fourth-order valence-corrected chi connectivity index (χ4v) is 1.58. The quantitative estimate of drug-likeness (QED) is 0.770. The van der Waals surface area contributed by atoms with Gasteiger partial charge in [0.25, 0.3) is 0 Å². The van der Waals surface area contributed by atoms with Gasteiger partial charge in [0, 0.05) is 17.1 Å². The van der Waals surface area contributed by atoms with E-state index in [4.69, 9.17) is 16.3 Å². The average Bonchev–Trinajstić information content (AvgIpc) is 2.09. The Balaban J connectivity index is 3.02. The van der Waals surface area contributed by atoms with Crippen LogP contribution in [0.1, 0.15) is 5.56 Å². The Kier molecular flexibility index (Phi) is 3.82. The van der Waals surface area contributed by atoms with E-state index in [1.165, 1.54) is 0 Å². The lowest BCUT2D eigenvalue weighted by molar-refractivity contribution is 0.393. The van der Waals surface area contributed by atoms with Gasteiger partial charge in [0.1, 0.15) is 0 Å². The van der Waals surface area contributed by atoms with E-state index in [0.29, 0.717) is 10.9 Å². The normalized spacial score (nSPS) is 9.92. The highest BCUT2D eigenvalue weighted by Gasteiger charge is 2.07. The van der Waals surface area contributed by atoms with Crippen molar-refractivity contribution < 1.29 is 4.74 Å². The molecule has 1 aromatic heterocycles. The highest BCUT2D eigenvalue weighted by Crippen LogP contribution is 2.24. The van der Waals surface area contributed by atoms with Gasteiger partial charge in [-0.15, -0.1) is 0 Å². The summed E-state index contributed by atoms with van der Waals surface area (Å²) in [4.78, 5) is 4.05. The summed E-state index contributed by atoms with van der Waals surface area (Å²) in [5.41, 5.74) is 0.957. The summed E-state index contributed by atoms with van der Waals surface area (Å²) in [6.45, 7) is 0. The lowest BCUT2D eigenvalue weighted by atomic mass is 10.2. The van der Waals surface area contributed by atoms with Crippen LogP contribution in [-0.4, -0.2) is 17.4 Å². The van der Waals surface area contributed by atoms with Crippen molar-refractivity contribution in [2.24, 2.45) is 0 Å². The molecule has 0 saturated heterocycles. The molecule has 0 aliphatic carbocycles. The van der Waals surface area contributed by atoms with Crippen molar-refractivity contribution in [1.29, 1.82) is 0 Å². The molecule has 1 heterocycles. The Bertz CT molecular complexity index is 267. The molecule has 0 aromatic carbocycles. The first-order chi connectivity index (χ1) is 5.79. The molecule has 2 nitrogen and oxygen atoms in total. The fraction of sp³-hybridized carbons (Fsp3) is 0.375. The zero-order valence-electron chi connectivity index (χ0n) is 6.68. The molecule has 1 aromatic rings. The SMILES string of the molecule is COc1nccc(Cl)c1CCBr. The van der Waals surface area contributed by atoms with Crippen molar-refractivity contribution in [2.45, 2.75) is 6.42 Å². The molecule has 0 aliphatic heterocycles. The van der Waals surface area contributed by atoms with Crippen molar-refractivity contribution in [2.75, 3.05) is 12.4 Å². The molecular formula is C8H9BrClNO. The summed E-state index contributed by atoms with van der Waals surface area (Å²) in [6, 6.07) is 1.77. The van der Waals surface area contributed by atoms with E-state index in [1.54, 1.807) is 19.4 Å². The van der Waals surface area contributed by atoms with Gasteiger partial charge in [-0.05, 0) is 12.5 Å². The molecule has 0 bridgehead atoms. The lowest BCUT2D eigenvalue weighted by Crippen LogP contribution is -1.96. The summed E-state index contributed by atoms with van der Waals surface area (Å²) < 4.78 is 5.06. The van der Waals surface area contributed by atoms with E-state index in [2.05, 4.69) is 20.9 Å². The minimum Gasteiger partial charge on any atom is -0.481 e. The number of methoxy groups -OCH3 is 1. The predicted octanol–water partition coefficient (Wildman–Crippen LogP) is 2.68. The Morgan fingerprint density at radius 3 is 3.00 bits per heavy atom. The van der Waals surface area contributed by atoms with Crippen LogP contribution < -0.4 is 4.74 Å². The Hall–Kier alpha value is -0.280. The third-order valence-corrected chi connectivity index (χ3v) is 2.25. The van der Waals surface area contributed by atoms with Crippen molar-refractivity contribution in [3.05, 3.63) is 22.8 Å². The van der Waals surface area contributed by atoms with Gasteiger partial charge in [-0.25, -0.2) is 4.98 Å². The average molecular weight is 251 g/mol. The first-order valence-electron chi connectivity index (χ1n) is 3.53. The molecule has 1 rings (SSSR count). The highest BCUT2D eigenvalue weighted by atomic mass is 79.9. The van der Waals surface area contributed by atoms with E-state index >= 15 is 0 Å². The van der Waals surface area contributed by atoms with Crippen LogP contribution in [0.15, 0.2) is 12.3 Å². The van der Waals surface area contributed by atoms with Gasteiger partial charge >= 0.3 is 0 Å². The number of ether oxygens (including phenoxy) is 1. The Labute approximate surface area is 85.0 Å². The maximum atomic E-state index is 5.95.